The molecule has 0 radical (unpaired) electrons. The Kier molecular flexibility index (Phi) is 10.1. The fraction of sp³-hybridized carbons (Fsp3) is 0.611. The standard InChI is InChI=1S/C18H29FN4O.HI/c1-3-9-23-10-7-15(8-11-23)22-18(20-4-2)21-13-14-5-6-17(24)16(19)12-14;/h5-6,12,15,24H,3-4,7-11,13H2,1-2H3,(H2,20,21,22);1H. The monoisotopic (exact) mass is 464 g/mol. The summed E-state index contributed by atoms with van der Waals surface area (Å²) in [4.78, 5) is 7.04. The Labute approximate surface area is 167 Å². The van der Waals surface area contributed by atoms with Gasteiger partial charge in [0.25, 0.3) is 0 Å². The van der Waals surface area contributed by atoms with Gasteiger partial charge in [0.1, 0.15) is 0 Å². The van der Waals surface area contributed by atoms with Crippen molar-refractivity contribution in [3.63, 3.8) is 0 Å². The lowest BCUT2D eigenvalue weighted by Crippen LogP contribution is -2.48. The Balaban J connectivity index is 0.00000312. The Morgan fingerprint density at radius 1 is 1.32 bits per heavy atom. The lowest BCUT2D eigenvalue weighted by molar-refractivity contribution is 0.206. The summed E-state index contributed by atoms with van der Waals surface area (Å²) < 4.78 is 13.4. The molecule has 1 aliphatic rings. The number of nitrogens with zero attached hydrogens (tertiary/aromatic N) is 2. The molecule has 1 aromatic carbocycles. The summed E-state index contributed by atoms with van der Waals surface area (Å²) in [6.07, 6.45) is 3.42. The van der Waals surface area contributed by atoms with E-state index in [1.165, 1.54) is 25.1 Å². The predicted octanol–water partition coefficient (Wildman–Crippen LogP) is 3.08. The van der Waals surface area contributed by atoms with Gasteiger partial charge in [-0.2, -0.15) is 0 Å². The summed E-state index contributed by atoms with van der Waals surface area (Å²) in [5.41, 5.74) is 0.736. The van der Waals surface area contributed by atoms with Crippen LogP contribution in [0.5, 0.6) is 5.75 Å². The number of nitrogens with one attached hydrogen (secondary N) is 2. The summed E-state index contributed by atoms with van der Waals surface area (Å²) in [7, 11) is 0. The zero-order valence-corrected chi connectivity index (χ0v) is 17.4. The smallest absolute Gasteiger partial charge is 0.191 e. The van der Waals surface area contributed by atoms with Crippen LogP contribution in [-0.2, 0) is 6.54 Å². The molecule has 0 aliphatic carbocycles. The van der Waals surface area contributed by atoms with Crippen LogP contribution in [0.1, 0.15) is 38.7 Å². The second-order valence-corrected chi connectivity index (χ2v) is 6.24. The topological polar surface area (TPSA) is 59.9 Å². The van der Waals surface area contributed by atoms with Crippen LogP contribution < -0.4 is 10.6 Å². The van der Waals surface area contributed by atoms with Gasteiger partial charge in [0.15, 0.2) is 17.5 Å². The van der Waals surface area contributed by atoms with E-state index >= 15 is 0 Å². The molecule has 0 atom stereocenters. The fourth-order valence-electron chi connectivity index (χ4n) is 2.95. The number of phenolic OH excluding ortho intramolecular Hbond substituents is 1. The fourth-order valence-corrected chi connectivity index (χ4v) is 2.95. The second-order valence-electron chi connectivity index (χ2n) is 6.24. The van der Waals surface area contributed by atoms with Crippen LogP contribution in [-0.4, -0.2) is 48.2 Å². The van der Waals surface area contributed by atoms with Crippen LogP contribution >= 0.6 is 24.0 Å². The number of piperidine rings is 1. The molecule has 1 fully saturated rings. The number of aromatic hydroxyl groups is 1. The van der Waals surface area contributed by atoms with Crippen molar-refractivity contribution in [1.82, 2.24) is 15.5 Å². The maximum absolute atomic E-state index is 13.4. The molecule has 3 N–H and O–H groups in total. The van der Waals surface area contributed by atoms with Crippen molar-refractivity contribution in [3.8, 4) is 5.75 Å². The first-order chi connectivity index (χ1) is 11.6. The Morgan fingerprint density at radius 3 is 2.64 bits per heavy atom. The Morgan fingerprint density at radius 2 is 2.04 bits per heavy atom. The van der Waals surface area contributed by atoms with E-state index < -0.39 is 5.82 Å². The van der Waals surface area contributed by atoms with Gasteiger partial charge < -0.3 is 20.6 Å². The van der Waals surface area contributed by atoms with Gasteiger partial charge in [0.05, 0.1) is 6.54 Å². The zero-order chi connectivity index (χ0) is 17.4. The summed E-state index contributed by atoms with van der Waals surface area (Å²) in [6, 6.07) is 4.80. The van der Waals surface area contributed by atoms with Gasteiger partial charge >= 0.3 is 0 Å². The number of likely N-dealkylation sites (tertiary alicyclic amines) is 1. The van der Waals surface area contributed by atoms with E-state index in [1.807, 2.05) is 6.92 Å². The molecule has 5 nitrogen and oxygen atoms in total. The molecule has 0 unspecified atom stereocenters. The molecule has 142 valence electrons. The van der Waals surface area contributed by atoms with E-state index in [-0.39, 0.29) is 29.7 Å². The van der Waals surface area contributed by atoms with E-state index in [0.29, 0.717) is 12.6 Å². The molecule has 1 heterocycles. The first-order valence-electron chi connectivity index (χ1n) is 8.87. The number of hydrogen-bond acceptors (Lipinski definition) is 3. The van der Waals surface area contributed by atoms with Gasteiger partial charge in [0.2, 0.25) is 0 Å². The molecular weight excluding hydrogens is 434 g/mol. The average Bonchev–Trinajstić information content (AvgIpc) is 2.58. The summed E-state index contributed by atoms with van der Waals surface area (Å²) in [5, 5.41) is 16.0. The van der Waals surface area contributed by atoms with E-state index in [1.54, 1.807) is 6.07 Å². The Hall–Kier alpha value is -1.09. The van der Waals surface area contributed by atoms with Gasteiger partial charge in [0, 0.05) is 25.7 Å². The van der Waals surface area contributed by atoms with Crippen molar-refractivity contribution in [2.24, 2.45) is 4.99 Å². The third kappa shape index (κ3) is 7.35. The van der Waals surface area contributed by atoms with Crippen molar-refractivity contribution in [2.45, 2.75) is 45.7 Å². The van der Waals surface area contributed by atoms with Crippen molar-refractivity contribution in [3.05, 3.63) is 29.6 Å². The molecular formula is C18H30FIN4O. The molecule has 1 aliphatic heterocycles. The maximum atomic E-state index is 13.4. The molecule has 0 saturated carbocycles. The highest BCUT2D eigenvalue weighted by atomic mass is 127. The van der Waals surface area contributed by atoms with Crippen LogP contribution in [0, 0.1) is 5.82 Å². The van der Waals surface area contributed by atoms with Crippen molar-refractivity contribution < 1.29 is 9.50 Å². The van der Waals surface area contributed by atoms with E-state index in [4.69, 9.17) is 0 Å². The highest BCUT2D eigenvalue weighted by Gasteiger charge is 2.19. The molecule has 7 heteroatoms. The summed E-state index contributed by atoms with van der Waals surface area (Å²) in [5.74, 6) is -0.171. The van der Waals surface area contributed by atoms with Crippen LogP contribution in [0.3, 0.4) is 0 Å². The molecule has 0 amide bonds. The molecule has 25 heavy (non-hydrogen) atoms. The number of rotatable bonds is 6. The van der Waals surface area contributed by atoms with Crippen LogP contribution in [0.15, 0.2) is 23.2 Å². The quantitative estimate of drug-likeness (QED) is 0.344. The number of phenols is 1. The van der Waals surface area contributed by atoms with Crippen LogP contribution in [0.4, 0.5) is 4.39 Å². The number of benzene rings is 1. The van der Waals surface area contributed by atoms with E-state index in [2.05, 4.69) is 27.4 Å². The van der Waals surface area contributed by atoms with Gasteiger partial charge in [-0.3, -0.25) is 0 Å². The number of guanidine groups is 1. The van der Waals surface area contributed by atoms with Crippen molar-refractivity contribution >= 4 is 29.9 Å². The molecule has 0 spiro atoms. The summed E-state index contributed by atoms with van der Waals surface area (Å²) in [6.45, 7) is 8.81. The lowest BCUT2D eigenvalue weighted by atomic mass is 10.1. The molecule has 0 aromatic heterocycles. The van der Waals surface area contributed by atoms with Gasteiger partial charge in [-0.05, 0) is 50.4 Å². The van der Waals surface area contributed by atoms with Gasteiger partial charge in [-0.1, -0.05) is 13.0 Å². The van der Waals surface area contributed by atoms with Crippen molar-refractivity contribution in [2.75, 3.05) is 26.2 Å². The first kappa shape index (κ1) is 22.0. The molecule has 0 bridgehead atoms. The SMILES string of the molecule is CCCN1CCC(NC(=NCc2ccc(O)c(F)c2)NCC)CC1.I. The first-order valence-corrected chi connectivity index (χ1v) is 8.87. The average molecular weight is 464 g/mol. The largest absolute Gasteiger partial charge is 0.505 e. The minimum absolute atomic E-state index is 0. The van der Waals surface area contributed by atoms with Crippen LogP contribution in [0.25, 0.3) is 0 Å². The maximum Gasteiger partial charge on any atom is 0.191 e. The molecule has 2 rings (SSSR count). The second kappa shape index (κ2) is 11.5. The zero-order valence-electron chi connectivity index (χ0n) is 15.1. The lowest BCUT2D eigenvalue weighted by Gasteiger charge is -2.32. The number of hydrogen-bond donors (Lipinski definition) is 3. The highest BCUT2D eigenvalue weighted by molar-refractivity contribution is 14.0. The number of halogens is 2. The Bertz CT molecular complexity index is 548. The summed E-state index contributed by atoms with van der Waals surface area (Å²) >= 11 is 0. The van der Waals surface area contributed by atoms with Gasteiger partial charge in [-0.15, -0.1) is 24.0 Å². The third-order valence-electron chi connectivity index (χ3n) is 4.24. The normalized spacial score (nSPS) is 16.4. The highest BCUT2D eigenvalue weighted by Crippen LogP contribution is 2.16. The minimum atomic E-state index is -0.607. The van der Waals surface area contributed by atoms with E-state index in [9.17, 15) is 9.50 Å². The molecule has 1 saturated heterocycles. The molecule has 1 aromatic rings. The van der Waals surface area contributed by atoms with Crippen molar-refractivity contribution in [1.29, 1.82) is 0 Å². The third-order valence-corrected chi connectivity index (χ3v) is 4.24. The van der Waals surface area contributed by atoms with E-state index in [0.717, 1.165) is 44.0 Å². The minimum Gasteiger partial charge on any atom is -0.505 e. The van der Waals surface area contributed by atoms with Crippen LogP contribution in [0.2, 0.25) is 0 Å². The number of aliphatic imine (C=N–C) groups is 1. The predicted molar refractivity (Wildman–Crippen MR) is 111 cm³/mol. The van der Waals surface area contributed by atoms with Gasteiger partial charge in [-0.25, -0.2) is 9.38 Å².